The molecular weight excluding hydrogens is 358 g/mol. The lowest BCUT2D eigenvalue weighted by Crippen LogP contribution is -2.48. The fourth-order valence-electron chi connectivity index (χ4n) is 2.93. The van der Waals surface area contributed by atoms with Crippen LogP contribution in [0.2, 0.25) is 0 Å². The molecule has 1 aliphatic carbocycles. The van der Waals surface area contributed by atoms with Crippen molar-refractivity contribution < 1.29 is 9.53 Å². The van der Waals surface area contributed by atoms with Gasteiger partial charge in [0.05, 0.1) is 0 Å². The Hall–Kier alpha value is -2.86. The number of carbonyl (C=O) groups is 1. The lowest BCUT2D eigenvalue weighted by Gasteiger charge is -2.15. The second-order valence-corrected chi connectivity index (χ2v) is 6.80. The molecule has 2 aromatic rings. The standard InChI is InChI=1S/C21H23N3O2S/c25-20(23-24-21(27)22-17-8-4-5-9-17)14-13-16-7-6-12-19(15-16)26-18-10-2-1-3-11-18/h1-3,6-7,10-15,17H,4-5,8-9H2,(H,23,25)(H2,22,24,27)/b14-13+. The number of thiocarbonyl (C=S) groups is 1. The predicted octanol–water partition coefficient (Wildman–Crippen LogP) is 3.93. The van der Waals surface area contributed by atoms with Crippen LogP contribution in [0.1, 0.15) is 31.2 Å². The van der Waals surface area contributed by atoms with Gasteiger partial charge in [0.15, 0.2) is 5.11 Å². The Kier molecular flexibility index (Phi) is 6.82. The van der Waals surface area contributed by atoms with Gasteiger partial charge in [0.25, 0.3) is 5.91 Å². The van der Waals surface area contributed by atoms with Crippen LogP contribution in [0.15, 0.2) is 60.7 Å². The fraction of sp³-hybridized carbons (Fsp3) is 0.238. The van der Waals surface area contributed by atoms with Crippen LogP contribution >= 0.6 is 12.2 Å². The van der Waals surface area contributed by atoms with Gasteiger partial charge in [-0.25, -0.2) is 0 Å². The quantitative estimate of drug-likeness (QED) is 0.416. The van der Waals surface area contributed by atoms with Crippen LogP contribution in [0.25, 0.3) is 6.08 Å². The first kappa shape index (κ1) is 18.9. The van der Waals surface area contributed by atoms with Crippen molar-refractivity contribution in [3.8, 4) is 11.5 Å². The third-order valence-corrected chi connectivity index (χ3v) is 4.47. The minimum absolute atomic E-state index is 0.278. The van der Waals surface area contributed by atoms with Crippen molar-refractivity contribution in [2.75, 3.05) is 0 Å². The van der Waals surface area contributed by atoms with Crippen molar-refractivity contribution in [3.63, 3.8) is 0 Å². The van der Waals surface area contributed by atoms with Gasteiger partial charge in [-0.2, -0.15) is 0 Å². The Morgan fingerprint density at radius 3 is 2.52 bits per heavy atom. The summed E-state index contributed by atoms with van der Waals surface area (Å²) in [5.41, 5.74) is 6.17. The van der Waals surface area contributed by atoms with Crippen LogP contribution in [0.5, 0.6) is 11.5 Å². The summed E-state index contributed by atoms with van der Waals surface area (Å²) in [5.74, 6) is 1.20. The maximum absolute atomic E-state index is 12.0. The van der Waals surface area contributed by atoms with Crippen molar-refractivity contribution in [1.29, 1.82) is 0 Å². The number of carbonyl (C=O) groups excluding carboxylic acids is 1. The third kappa shape index (κ3) is 6.42. The first-order valence-corrected chi connectivity index (χ1v) is 9.47. The molecule has 3 rings (SSSR count). The lowest BCUT2D eigenvalue weighted by atomic mass is 10.2. The minimum Gasteiger partial charge on any atom is -0.457 e. The van der Waals surface area contributed by atoms with Gasteiger partial charge < -0.3 is 10.1 Å². The van der Waals surface area contributed by atoms with Gasteiger partial charge in [0, 0.05) is 12.1 Å². The van der Waals surface area contributed by atoms with E-state index < -0.39 is 0 Å². The number of benzene rings is 2. The van der Waals surface area contributed by atoms with Crippen molar-refractivity contribution in [2.45, 2.75) is 31.7 Å². The van der Waals surface area contributed by atoms with Crippen molar-refractivity contribution in [1.82, 2.24) is 16.2 Å². The van der Waals surface area contributed by atoms with Gasteiger partial charge in [-0.3, -0.25) is 15.6 Å². The van der Waals surface area contributed by atoms with E-state index in [1.54, 1.807) is 6.08 Å². The van der Waals surface area contributed by atoms with E-state index in [0.29, 0.717) is 16.9 Å². The molecule has 6 heteroatoms. The zero-order valence-electron chi connectivity index (χ0n) is 15.0. The van der Waals surface area contributed by atoms with E-state index in [1.807, 2.05) is 54.6 Å². The molecule has 2 aromatic carbocycles. The molecule has 0 spiro atoms. The van der Waals surface area contributed by atoms with Gasteiger partial charge in [-0.05, 0) is 61.0 Å². The van der Waals surface area contributed by atoms with E-state index >= 15 is 0 Å². The Labute approximate surface area is 164 Å². The molecule has 0 unspecified atom stereocenters. The number of rotatable bonds is 5. The van der Waals surface area contributed by atoms with Crippen LogP contribution in [-0.2, 0) is 4.79 Å². The van der Waals surface area contributed by atoms with E-state index in [4.69, 9.17) is 17.0 Å². The number of hydrogen-bond donors (Lipinski definition) is 3. The molecule has 0 radical (unpaired) electrons. The van der Waals surface area contributed by atoms with E-state index in [2.05, 4.69) is 16.2 Å². The Bertz CT molecular complexity index is 802. The van der Waals surface area contributed by atoms with E-state index in [1.165, 1.54) is 18.9 Å². The zero-order chi connectivity index (χ0) is 18.9. The summed E-state index contributed by atoms with van der Waals surface area (Å²) in [6, 6.07) is 17.5. The van der Waals surface area contributed by atoms with Crippen LogP contribution in [0, 0.1) is 0 Å². The molecule has 1 fully saturated rings. The molecule has 140 valence electrons. The van der Waals surface area contributed by atoms with Gasteiger partial charge >= 0.3 is 0 Å². The first-order valence-electron chi connectivity index (χ1n) is 9.06. The first-order chi connectivity index (χ1) is 13.2. The van der Waals surface area contributed by atoms with Gasteiger partial charge in [-0.1, -0.05) is 43.2 Å². The highest BCUT2D eigenvalue weighted by molar-refractivity contribution is 7.80. The summed E-state index contributed by atoms with van der Waals surface area (Å²) >= 11 is 5.19. The molecule has 3 N–H and O–H groups in total. The number of nitrogens with one attached hydrogen (secondary N) is 3. The summed E-state index contributed by atoms with van der Waals surface area (Å²) in [6.45, 7) is 0. The highest BCUT2D eigenvalue weighted by Gasteiger charge is 2.15. The van der Waals surface area contributed by atoms with Crippen LogP contribution in [-0.4, -0.2) is 17.1 Å². The highest BCUT2D eigenvalue weighted by atomic mass is 32.1. The second kappa shape index (κ2) is 9.73. The summed E-state index contributed by atoms with van der Waals surface area (Å²) in [5, 5.41) is 3.65. The number of hydrazine groups is 1. The average molecular weight is 382 g/mol. The summed E-state index contributed by atoms with van der Waals surface area (Å²) in [4.78, 5) is 12.0. The fourth-order valence-corrected chi connectivity index (χ4v) is 3.15. The Morgan fingerprint density at radius 2 is 1.74 bits per heavy atom. The molecular formula is C21H23N3O2S. The van der Waals surface area contributed by atoms with Gasteiger partial charge in [0.2, 0.25) is 0 Å². The van der Waals surface area contributed by atoms with E-state index in [-0.39, 0.29) is 5.91 Å². The molecule has 27 heavy (non-hydrogen) atoms. The molecule has 0 saturated heterocycles. The zero-order valence-corrected chi connectivity index (χ0v) is 15.8. The van der Waals surface area contributed by atoms with E-state index in [0.717, 1.165) is 24.2 Å². The monoisotopic (exact) mass is 381 g/mol. The maximum atomic E-state index is 12.0. The number of para-hydroxylation sites is 1. The highest BCUT2D eigenvalue weighted by Crippen LogP contribution is 2.22. The molecule has 0 aromatic heterocycles. The molecule has 0 aliphatic heterocycles. The normalized spacial score (nSPS) is 14.1. The van der Waals surface area contributed by atoms with Crippen molar-refractivity contribution in [2.24, 2.45) is 0 Å². The Morgan fingerprint density at radius 1 is 1.00 bits per heavy atom. The number of hydrogen-bond acceptors (Lipinski definition) is 3. The van der Waals surface area contributed by atoms with Gasteiger partial charge in [0.1, 0.15) is 11.5 Å². The number of amides is 1. The van der Waals surface area contributed by atoms with Crippen LogP contribution in [0.3, 0.4) is 0 Å². The smallest absolute Gasteiger partial charge is 0.262 e. The largest absolute Gasteiger partial charge is 0.457 e. The molecule has 1 saturated carbocycles. The molecule has 5 nitrogen and oxygen atoms in total. The van der Waals surface area contributed by atoms with Crippen LogP contribution in [0.4, 0.5) is 0 Å². The molecule has 1 aliphatic rings. The topological polar surface area (TPSA) is 62.4 Å². The summed E-state index contributed by atoms with van der Waals surface area (Å²) in [6.07, 6.45) is 7.87. The maximum Gasteiger partial charge on any atom is 0.262 e. The second-order valence-electron chi connectivity index (χ2n) is 6.39. The third-order valence-electron chi connectivity index (χ3n) is 4.25. The summed E-state index contributed by atoms with van der Waals surface area (Å²) in [7, 11) is 0. The SMILES string of the molecule is O=C(/C=C/c1cccc(Oc2ccccc2)c1)NNC(=S)NC1CCCC1. The van der Waals surface area contributed by atoms with E-state index in [9.17, 15) is 4.79 Å². The van der Waals surface area contributed by atoms with Crippen molar-refractivity contribution in [3.05, 3.63) is 66.2 Å². The van der Waals surface area contributed by atoms with Gasteiger partial charge in [-0.15, -0.1) is 0 Å². The summed E-state index contributed by atoms with van der Waals surface area (Å²) < 4.78 is 5.80. The van der Waals surface area contributed by atoms with Crippen molar-refractivity contribution >= 4 is 29.3 Å². The molecule has 0 bridgehead atoms. The predicted molar refractivity (Wildman–Crippen MR) is 111 cm³/mol. The average Bonchev–Trinajstić information content (AvgIpc) is 3.19. The minimum atomic E-state index is -0.278. The molecule has 0 heterocycles. The lowest BCUT2D eigenvalue weighted by molar-refractivity contribution is -0.116. The molecule has 1 amide bonds. The van der Waals surface area contributed by atoms with Crippen LogP contribution < -0.4 is 20.9 Å². The Balaban J connectivity index is 1.47. The number of ether oxygens (including phenoxy) is 1. The molecule has 0 atom stereocenters.